The Kier molecular flexibility index (Phi) is 4.87. The Labute approximate surface area is 163 Å². The van der Waals surface area contributed by atoms with Gasteiger partial charge in [0, 0.05) is 29.9 Å². The number of rotatable bonds is 4. The van der Waals surface area contributed by atoms with Crippen LogP contribution in [-0.4, -0.2) is 50.0 Å². The summed E-state index contributed by atoms with van der Waals surface area (Å²) in [6.45, 7) is 5.54. The monoisotopic (exact) mass is 383 g/mol. The summed E-state index contributed by atoms with van der Waals surface area (Å²) in [6.07, 6.45) is 6.92. The van der Waals surface area contributed by atoms with E-state index < -0.39 is 0 Å². The van der Waals surface area contributed by atoms with Crippen molar-refractivity contribution < 1.29 is 14.1 Å². The van der Waals surface area contributed by atoms with Gasteiger partial charge in [0.05, 0.1) is 24.0 Å². The molecule has 1 N–H and O–H groups in total. The van der Waals surface area contributed by atoms with Crippen LogP contribution in [0.3, 0.4) is 0 Å². The molecule has 148 valence electrons. The second kappa shape index (κ2) is 7.33. The fraction of sp³-hybridized carbons (Fsp3) is 0.550. The topological polar surface area (TPSA) is 101 Å². The molecule has 2 aromatic rings. The molecule has 2 aliphatic heterocycles. The van der Waals surface area contributed by atoms with Crippen molar-refractivity contribution in [3.05, 3.63) is 40.8 Å². The molecule has 0 spiro atoms. The van der Waals surface area contributed by atoms with Crippen molar-refractivity contribution in [1.29, 1.82) is 0 Å². The number of hydrogen-bond acceptors (Lipinski definition) is 6. The third kappa shape index (κ3) is 3.50. The SMILES string of the molecule is Cc1cnc(C(=O)NC2CC3CCC(C2)N3C(=O)Cc2c(C)noc2C)cn1. The summed E-state index contributed by atoms with van der Waals surface area (Å²) in [7, 11) is 0. The number of carbonyl (C=O) groups excluding carboxylic acids is 2. The number of piperidine rings is 1. The fourth-order valence-corrected chi connectivity index (χ4v) is 4.47. The minimum Gasteiger partial charge on any atom is -0.361 e. The molecule has 2 fully saturated rings. The highest BCUT2D eigenvalue weighted by atomic mass is 16.5. The lowest BCUT2D eigenvalue weighted by Gasteiger charge is -2.39. The van der Waals surface area contributed by atoms with E-state index in [2.05, 4.69) is 20.4 Å². The van der Waals surface area contributed by atoms with E-state index in [0.717, 1.165) is 42.6 Å². The first kappa shape index (κ1) is 18.6. The highest BCUT2D eigenvalue weighted by Gasteiger charge is 2.43. The first-order valence-electron chi connectivity index (χ1n) is 9.74. The molecule has 2 saturated heterocycles. The Balaban J connectivity index is 1.39. The molecule has 2 unspecified atom stereocenters. The minimum absolute atomic E-state index is 0.0521. The van der Waals surface area contributed by atoms with Gasteiger partial charge in [-0.05, 0) is 46.5 Å². The van der Waals surface area contributed by atoms with E-state index in [0.29, 0.717) is 17.9 Å². The predicted molar refractivity (Wildman–Crippen MR) is 101 cm³/mol. The van der Waals surface area contributed by atoms with Gasteiger partial charge in [-0.2, -0.15) is 0 Å². The van der Waals surface area contributed by atoms with Gasteiger partial charge in [0.1, 0.15) is 11.5 Å². The summed E-state index contributed by atoms with van der Waals surface area (Å²) in [5.74, 6) is 0.628. The average Bonchev–Trinajstić information content (AvgIpc) is 3.12. The van der Waals surface area contributed by atoms with Gasteiger partial charge < -0.3 is 14.7 Å². The van der Waals surface area contributed by atoms with Crippen molar-refractivity contribution in [2.24, 2.45) is 0 Å². The van der Waals surface area contributed by atoms with Crippen LogP contribution in [0.4, 0.5) is 0 Å². The Hall–Kier alpha value is -2.77. The number of aryl methyl sites for hydroxylation is 3. The van der Waals surface area contributed by atoms with Gasteiger partial charge in [0.25, 0.3) is 5.91 Å². The molecule has 4 rings (SSSR count). The average molecular weight is 383 g/mol. The summed E-state index contributed by atoms with van der Waals surface area (Å²) in [6, 6.07) is 0.387. The molecule has 2 amide bonds. The van der Waals surface area contributed by atoms with Crippen molar-refractivity contribution in [3.8, 4) is 0 Å². The largest absolute Gasteiger partial charge is 0.361 e. The molecule has 8 nitrogen and oxygen atoms in total. The maximum Gasteiger partial charge on any atom is 0.271 e. The third-order valence-corrected chi connectivity index (χ3v) is 5.88. The smallest absolute Gasteiger partial charge is 0.271 e. The van der Waals surface area contributed by atoms with E-state index in [1.807, 2.05) is 25.7 Å². The summed E-state index contributed by atoms with van der Waals surface area (Å²) >= 11 is 0. The Morgan fingerprint density at radius 2 is 1.86 bits per heavy atom. The van der Waals surface area contributed by atoms with E-state index in [-0.39, 0.29) is 29.9 Å². The predicted octanol–water partition coefficient (Wildman–Crippen LogP) is 1.88. The molecule has 0 aliphatic carbocycles. The highest BCUT2D eigenvalue weighted by molar-refractivity contribution is 5.92. The molecule has 8 heteroatoms. The molecule has 2 atom stereocenters. The minimum atomic E-state index is -0.201. The molecular formula is C20H25N5O3. The normalized spacial score (nSPS) is 23.7. The van der Waals surface area contributed by atoms with Crippen molar-refractivity contribution in [1.82, 2.24) is 25.3 Å². The molecular weight excluding hydrogens is 358 g/mol. The van der Waals surface area contributed by atoms with Gasteiger partial charge in [-0.3, -0.25) is 14.6 Å². The summed E-state index contributed by atoms with van der Waals surface area (Å²) < 4.78 is 5.18. The summed E-state index contributed by atoms with van der Waals surface area (Å²) in [5, 5.41) is 7.02. The van der Waals surface area contributed by atoms with Crippen LogP contribution in [0.25, 0.3) is 0 Å². The molecule has 4 heterocycles. The van der Waals surface area contributed by atoms with E-state index >= 15 is 0 Å². The van der Waals surface area contributed by atoms with Crippen molar-refractivity contribution in [3.63, 3.8) is 0 Å². The number of nitrogens with zero attached hydrogens (tertiary/aromatic N) is 4. The van der Waals surface area contributed by atoms with E-state index in [1.165, 1.54) is 6.20 Å². The zero-order valence-corrected chi connectivity index (χ0v) is 16.4. The van der Waals surface area contributed by atoms with Gasteiger partial charge in [0.2, 0.25) is 5.91 Å². The van der Waals surface area contributed by atoms with Gasteiger partial charge >= 0.3 is 0 Å². The van der Waals surface area contributed by atoms with Gasteiger partial charge in [-0.15, -0.1) is 0 Å². The Morgan fingerprint density at radius 1 is 1.14 bits per heavy atom. The van der Waals surface area contributed by atoms with Crippen molar-refractivity contribution in [2.45, 2.75) is 71.0 Å². The quantitative estimate of drug-likeness (QED) is 0.865. The number of fused-ring (bicyclic) bond motifs is 2. The first-order valence-corrected chi connectivity index (χ1v) is 9.74. The molecule has 2 aliphatic rings. The molecule has 28 heavy (non-hydrogen) atoms. The lowest BCUT2D eigenvalue weighted by Crippen LogP contribution is -2.52. The number of carbonyl (C=O) groups is 2. The van der Waals surface area contributed by atoms with Crippen LogP contribution < -0.4 is 5.32 Å². The number of nitrogens with one attached hydrogen (secondary N) is 1. The van der Waals surface area contributed by atoms with Gasteiger partial charge in [-0.1, -0.05) is 5.16 Å². The second-order valence-electron chi connectivity index (χ2n) is 7.85. The van der Waals surface area contributed by atoms with Crippen LogP contribution >= 0.6 is 0 Å². The zero-order valence-electron chi connectivity index (χ0n) is 16.4. The highest BCUT2D eigenvalue weighted by Crippen LogP contribution is 2.36. The van der Waals surface area contributed by atoms with Crippen LogP contribution in [0.15, 0.2) is 16.9 Å². The van der Waals surface area contributed by atoms with E-state index in [4.69, 9.17) is 4.52 Å². The Bertz CT molecular complexity index is 858. The van der Waals surface area contributed by atoms with Gasteiger partial charge in [0.15, 0.2) is 0 Å². The van der Waals surface area contributed by atoms with E-state index in [1.54, 1.807) is 6.20 Å². The fourth-order valence-electron chi connectivity index (χ4n) is 4.47. The lowest BCUT2D eigenvalue weighted by molar-refractivity contribution is -0.135. The van der Waals surface area contributed by atoms with Crippen molar-refractivity contribution in [2.75, 3.05) is 0 Å². The standard InChI is InChI=1S/C20H25N5O3/c1-11-9-22-18(10-21-11)20(27)23-14-6-15-4-5-16(7-14)25(15)19(26)8-17-12(2)24-28-13(17)3/h9-10,14-16H,4-8H2,1-3H3,(H,23,27). The summed E-state index contributed by atoms with van der Waals surface area (Å²) in [5.41, 5.74) is 2.77. The third-order valence-electron chi connectivity index (χ3n) is 5.88. The van der Waals surface area contributed by atoms with Crippen molar-refractivity contribution >= 4 is 11.8 Å². The van der Waals surface area contributed by atoms with Crippen LogP contribution in [-0.2, 0) is 11.2 Å². The maximum atomic E-state index is 13.0. The van der Waals surface area contributed by atoms with Crippen LogP contribution in [0.5, 0.6) is 0 Å². The van der Waals surface area contributed by atoms with Crippen LogP contribution in [0.1, 0.15) is 58.9 Å². The van der Waals surface area contributed by atoms with Crippen LogP contribution in [0, 0.1) is 20.8 Å². The summed E-state index contributed by atoms with van der Waals surface area (Å²) in [4.78, 5) is 35.7. The second-order valence-corrected chi connectivity index (χ2v) is 7.85. The zero-order chi connectivity index (χ0) is 19.8. The molecule has 0 saturated carbocycles. The molecule has 0 radical (unpaired) electrons. The first-order chi connectivity index (χ1) is 13.4. The maximum absolute atomic E-state index is 13.0. The number of hydrogen-bond donors (Lipinski definition) is 1. The lowest BCUT2D eigenvalue weighted by atomic mass is 9.96. The molecule has 2 bridgehead atoms. The molecule has 2 aromatic heterocycles. The van der Waals surface area contributed by atoms with Gasteiger partial charge in [-0.25, -0.2) is 4.98 Å². The van der Waals surface area contributed by atoms with Crippen LogP contribution in [0.2, 0.25) is 0 Å². The number of aromatic nitrogens is 3. The molecule has 0 aromatic carbocycles. The number of amides is 2. The Morgan fingerprint density at radius 3 is 2.43 bits per heavy atom. The van der Waals surface area contributed by atoms with E-state index in [9.17, 15) is 9.59 Å².